The molecule has 0 spiro atoms. The van der Waals surface area contributed by atoms with Crippen molar-refractivity contribution in [1.82, 2.24) is 0 Å². The summed E-state index contributed by atoms with van der Waals surface area (Å²) < 4.78 is 36.9. The molecule has 0 saturated carbocycles. The molecule has 0 amide bonds. The Morgan fingerprint density at radius 1 is 0.816 bits per heavy atom. The molecule has 0 fully saturated rings. The Balaban J connectivity index is 1.60. The van der Waals surface area contributed by atoms with E-state index in [9.17, 15) is 28.0 Å². The third-order valence-electron chi connectivity index (χ3n) is 5.00. The summed E-state index contributed by atoms with van der Waals surface area (Å²) in [5.41, 5.74) is 0.372. The summed E-state index contributed by atoms with van der Waals surface area (Å²) in [6.45, 7) is 0. The molecule has 15 heteroatoms. The van der Waals surface area contributed by atoms with Gasteiger partial charge in [-0.1, -0.05) is 23.2 Å². The monoisotopic (exact) mass is 556 g/mol. The molecule has 38 heavy (non-hydrogen) atoms. The number of aromatic hydroxyl groups is 1. The Morgan fingerprint density at radius 3 is 2.16 bits per heavy atom. The van der Waals surface area contributed by atoms with Gasteiger partial charge in [0.1, 0.15) is 16.3 Å². The van der Waals surface area contributed by atoms with Crippen molar-refractivity contribution in [3.05, 3.63) is 78.4 Å². The molecule has 194 valence electrons. The summed E-state index contributed by atoms with van der Waals surface area (Å²) in [5.74, 6) is -1.71. The number of carbonyl (C=O) groups is 1. The molecule has 0 unspecified atom stereocenters. The first-order chi connectivity index (χ1) is 18.2. The van der Waals surface area contributed by atoms with Crippen LogP contribution in [0.15, 0.2) is 103 Å². The van der Waals surface area contributed by atoms with E-state index < -0.39 is 21.8 Å². The van der Waals surface area contributed by atoms with Crippen LogP contribution in [-0.2, 0) is 19.5 Å². The Hall–Kier alpha value is -4.25. The number of carboxylic acids is 1. The van der Waals surface area contributed by atoms with Gasteiger partial charge < -0.3 is 10.2 Å². The van der Waals surface area contributed by atoms with E-state index in [1.807, 2.05) is 0 Å². The van der Waals surface area contributed by atoms with Crippen molar-refractivity contribution >= 4 is 61.7 Å². The number of azo groups is 2. The molecule has 0 aliphatic carbocycles. The average Bonchev–Trinajstić information content (AvgIpc) is 2.90. The lowest BCUT2D eigenvalue weighted by atomic mass is 10.1. The number of aromatic carboxylic acids is 1. The number of phenols is 1. The van der Waals surface area contributed by atoms with Crippen LogP contribution in [0.3, 0.4) is 0 Å². The number of nitrogens with zero attached hydrogens (tertiary/aromatic N) is 4. The van der Waals surface area contributed by atoms with Crippen molar-refractivity contribution in [3.8, 4) is 5.75 Å². The molecule has 4 aromatic carbocycles. The zero-order valence-electron chi connectivity index (χ0n) is 18.9. The van der Waals surface area contributed by atoms with Gasteiger partial charge in [0, 0.05) is 15.7 Å². The lowest BCUT2D eigenvalue weighted by Gasteiger charge is -2.07. The van der Waals surface area contributed by atoms with Crippen molar-refractivity contribution < 1.29 is 42.6 Å². The molecular formula is C23H16N4O9S2. The van der Waals surface area contributed by atoms with Gasteiger partial charge in [0.25, 0.3) is 10.1 Å². The lowest BCUT2D eigenvalue weighted by Crippen LogP contribution is -1.98. The molecule has 0 aliphatic heterocycles. The minimum atomic E-state index is -4.53. The maximum Gasteiger partial charge on any atom is 0.338 e. The number of rotatable bonds is 9. The van der Waals surface area contributed by atoms with E-state index in [-0.39, 0.29) is 38.3 Å². The van der Waals surface area contributed by atoms with Gasteiger partial charge in [-0.15, -0.1) is 14.6 Å². The lowest BCUT2D eigenvalue weighted by molar-refractivity contribution is -0.432. The number of hydrogen-bond acceptors (Lipinski definition) is 12. The van der Waals surface area contributed by atoms with E-state index in [1.165, 1.54) is 48.5 Å². The number of carboxylic acid groups (broad SMARTS) is 1. The fourth-order valence-corrected chi connectivity index (χ4v) is 4.36. The highest BCUT2D eigenvalue weighted by atomic mass is 32.2. The highest BCUT2D eigenvalue weighted by Gasteiger charge is 2.17. The van der Waals surface area contributed by atoms with Crippen LogP contribution < -0.4 is 0 Å². The number of benzene rings is 4. The van der Waals surface area contributed by atoms with Crippen LogP contribution in [0.1, 0.15) is 10.4 Å². The SMILES string of the molecule is O=C(O)c1cc(/N=N/c2ccc(SOOO)cc2)ccc1/N=N/c1ccc2c(S(=O)(=O)O)cccc2c1O. The van der Waals surface area contributed by atoms with Crippen LogP contribution in [0.4, 0.5) is 22.7 Å². The first-order valence-electron chi connectivity index (χ1n) is 10.3. The second-order valence-electron chi connectivity index (χ2n) is 7.39. The first kappa shape index (κ1) is 26.8. The van der Waals surface area contributed by atoms with Crippen LogP contribution in [-0.4, -0.2) is 34.4 Å². The van der Waals surface area contributed by atoms with Gasteiger partial charge in [-0.2, -0.15) is 18.6 Å². The summed E-state index contributed by atoms with van der Waals surface area (Å²) in [6, 6.07) is 17.2. The molecule has 0 saturated heterocycles. The molecule has 0 aromatic heterocycles. The summed E-state index contributed by atoms with van der Waals surface area (Å²) >= 11 is 0.777. The first-order valence-corrected chi connectivity index (χ1v) is 12.5. The predicted molar refractivity (Wildman–Crippen MR) is 134 cm³/mol. The van der Waals surface area contributed by atoms with Crippen LogP contribution in [0.25, 0.3) is 10.8 Å². The Kier molecular flexibility index (Phi) is 8.06. The van der Waals surface area contributed by atoms with Gasteiger partial charge in [0.05, 0.1) is 29.0 Å². The third kappa shape index (κ3) is 6.17. The fraction of sp³-hybridized carbons (Fsp3) is 0. The van der Waals surface area contributed by atoms with Gasteiger partial charge in [0.15, 0.2) is 5.75 Å². The second-order valence-corrected chi connectivity index (χ2v) is 9.55. The smallest absolute Gasteiger partial charge is 0.338 e. The number of phenolic OH excluding ortho intramolecular Hbond substituents is 1. The van der Waals surface area contributed by atoms with Crippen molar-refractivity contribution in [2.24, 2.45) is 20.5 Å². The standard InChI is InChI=1S/C23H16N4O9S2/c28-22-17-2-1-3-21(38(32,33)34)16(17)9-11-20(22)27-26-19-10-6-14(12-18(19)23(29)30)25-24-13-4-7-15(8-5-13)37-36-35-31/h1-12,28,31H,(H,29,30)(H,32,33,34)/b25-24+,27-26+. The normalized spacial score (nSPS) is 12.1. The summed E-state index contributed by atoms with van der Waals surface area (Å²) in [7, 11) is -4.53. The highest BCUT2D eigenvalue weighted by molar-refractivity contribution is 7.94. The molecule has 0 aliphatic rings. The molecule has 13 nitrogen and oxygen atoms in total. The largest absolute Gasteiger partial charge is 0.505 e. The van der Waals surface area contributed by atoms with Crippen LogP contribution in [0.2, 0.25) is 0 Å². The van der Waals surface area contributed by atoms with E-state index in [2.05, 4.69) is 29.8 Å². The number of hydrogen-bond donors (Lipinski definition) is 4. The molecule has 4 rings (SSSR count). The number of fused-ring (bicyclic) bond motifs is 1. The van der Waals surface area contributed by atoms with Gasteiger partial charge in [-0.05, 0) is 54.6 Å². The Morgan fingerprint density at radius 2 is 1.47 bits per heavy atom. The molecular weight excluding hydrogens is 540 g/mol. The van der Waals surface area contributed by atoms with Gasteiger partial charge >= 0.3 is 5.97 Å². The van der Waals surface area contributed by atoms with Gasteiger partial charge in [0.2, 0.25) is 0 Å². The van der Waals surface area contributed by atoms with Crippen molar-refractivity contribution in [3.63, 3.8) is 0 Å². The zero-order chi connectivity index (χ0) is 27.3. The second kappa shape index (κ2) is 11.4. The van der Waals surface area contributed by atoms with E-state index in [0.29, 0.717) is 10.6 Å². The van der Waals surface area contributed by atoms with Crippen molar-refractivity contribution in [1.29, 1.82) is 0 Å². The maximum atomic E-state index is 11.8. The molecule has 0 heterocycles. The summed E-state index contributed by atoms with van der Waals surface area (Å²) in [5, 5.41) is 48.0. The predicted octanol–water partition coefficient (Wildman–Crippen LogP) is 6.75. The average molecular weight is 557 g/mol. The molecule has 4 aromatic rings. The summed E-state index contributed by atoms with van der Waals surface area (Å²) in [4.78, 5) is 12.1. The Labute approximate surface area is 218 Å². The molecule has 0 radical (unpaired) electrons. The topological polar surface area (TPSA) is 200 Å². The van der Waals surface area contributed by atoms with E-state index in [4.69, 9.17) is 5.26 Å². The van der Waals surface area contributed by atoms with Gasteiger partial charge in [-0.25, -0.2) is 10.1 Å². The van der Waals surface area contributed by atoms with Crippen LogP contribution in [0.5, 0.6) is 5.75 Å². The van der Waals surface area contributed by atoms with E-state index in [0.717, 1.165) is 12.0 Å². The Bertz CT molecular complexity index is 1670. The minimum Gasteiger partial charge on any atom is -0.505 e. The van der Waals surface area contributed by atoms with Crippen molar-refractivity contribution in [2.45, 2.75) is 9.79 Å². The fourth-order valence-electron chi connectivity index (χ4n) is 3.30. The maximum absolute atomic E-state index is 11.8. The third-order valence-corrected chi connectivity index (χ3v) is 6.51. The van der Waals surface area contributed by atoms with Gasteiger partial charge in [-0.3, -0.25) is 4.55 Å². The zero-order valence-corrected chi connectivity index (χ0v) is 20.5. The molecule has 0 atom stereocenters. The van der Waals surface area contributed by atoms with Crippen LogP contribution in [0, 0.1) is 0 Å². The van der Waals surface area contributed by atoms with Crippen molar-refractivity contribution in [2.75, 3.05) is 0 Å². The molecule has 0 bridgehead atoms. The summed E-state index contributed by atoms with van der Waals surface area (Å²) in [6.07, 6.45) is 0. The minimum absolute atomic E-state index is 0.0323. The van der Waals surface area contributed by atoms with E-state index >= 15 is 0 Å². The molecule has 4 N–H and O–H groups in total. The van der Waals surface area contributed by atoms with Crippen LogP contribution >= 0.6 is 12.0 Å². The quantitative estimate of drug-likeness (QED) is 0.0561. The highest BCUT2D eigenvalue weighted by Crippen LogP contribution is 2.38. The van der Waals surface area contributed by atoms with E-state index in [1.54, 1.807) is 24.3 Å².